The molecule has 2 aliphatic carbocycles. The van der Waals surface area contributed by atoms with E-state index in [1.165, 1.54) is 74.3 Å². The predicted octanol–water partition coefficient (Wildman–Crippen LogP) is 11.9. The van der Waals surface area contributed by atoms with Gasteiger partial charge in [0, 0.05) is 45.7 Å². The highest BCUT2D eigenvalue weighted by Crippen LogP contribution is 2.48. The summed E-state index contributed by atoms with van der Waals surface area (Å²) in [5.74, 6) is 2.94. The lowest BCUT2D eigenvalue weighted by Gasteiger charge is -2.44. The highest BCUT2D eigenvalue weighted by molar-refractivity contribution is 6.23. The number of aromatic nitrogens is 1. The molecule has 8 rings (SSSR count). The number of para-hydroxylation sites is 1. The molecule has 4 nitrogen and oxygen atoms in total. The Hall–Kier alpha value is -3.50. The van der Waals surface area contributed by atoms with Gasteiger partial charge in [-0.25, -0.2) is 0 Å². The van der Waals surface area contributed by atoms with Crippen molar-refractivity contribution in [3.63, 3.8) is 0 Å². The topological polar surface area (TPSA) is 52.4 Å². The van der Waals surface area contributed by atoms with Gasteiger partial charge in [0.25, 0.3) is 0 Å². The molecule has 246 valence electrons. The van der Waals surface area contributed by atoms with E-state index in [2.05, 4.69) is 98.3 Å². The maximum Gasteiger partial charge on any atom is 0.145 e. The number of H-pyrrole nitrogens is 1. The highest BCUT2D eigenvalue weighted by atomic mass is 16.3. The molecule has 2 aromatic heterocycles. The zero-order valence-corrected chi connectivity index (χ0v) is 28.8. The zero-order valence-electron chi connectivity index (χ0n) is 28.8. The van der Waals surface area contributed by atoms with Crippen molar-refractivity contribution in [2.75, 3.05) is 0 Å². The predicted molar refractivity (Wildman–Crippen MR) is 198 cm³/mol. The van der Waals surface area contributed by atoms with Gasteiger partial charge in [-0.2, -0.15) is 0 Å². The Morgan fingerprint density at radius 3 is 2.55 bits per heavy atom. The fraction of sp³-hybridized carbons (Fsp3) is 0.488. The Bertz CT molecular complexity index is 1980. The number of furan rings is 1. The molecule has 0 spiro atoms. The molecule has 3 aromatic carbocycles. The highest BCUT2D eigenvalue weighted by Gasteiger charge is 2.48. The Morgan fingerprint density at radius 2 is 1.72 bits per heavy atom. The lowest BCUT2D eigenvalue weighted by Crippen LogP contribution is -2.47. The Kier molecular flexibility index (Phi) is 8.20. The van der Waals surface area contributed by atoms with Crippen molar-refractivity contribution in [3.05, 3.63) is 78.1 Å². The maximum atomic E-state index is 11.3. The molecule has 7 unspecified atom stereocenters. The SMILES string of the molecule is CCCC1C(CC)C(CCC)N(C2CCCC(C3CC(c4ccc5oc6c(ccc7[nH]c8ccccc8c76)c5c4)=CC=C3O)C2)C1C. The van der Waals surface area contributed by atoms with Crippen LogP contribution in [-0.4, -0.2) is 33.1 Å². The van der Waals surface area contributed by atoms with Gasteiger partial charge < -0.3 is 14.5 Å². The van der Waals surface area contributed by atoms with Crippen LogP contribution in [0.15, 0.2) is 76.9 Å². The number of aromatic amines is 1. The van der Waals surface area contributed by atoms with Crippen LogP contribution in [0.2, 0.25) is 0 Å². The van der Waals surface area contributed by atoms with Gasteiger partial charge in [0.05, 0.1) is 16.7 Å². The van der Waals surface area contributed by atoms with Crippen LogP contribution in [0.25, 0.3) is 49.3 Å². The van der Waals surface area contributed by atoms with Crippen LogP contribution in [0.3, 0.4) is 0 Å². The number of rotatable bonds is 8. The smallest absolute Gasteiger partial charge is 0.145 e. The summed E-state index contributed by atoms with van der Waals surface area (Å²) in [4.78, 5) is 6.57. The molecule has 1 aliphatic heterocycles. The Balaban J connectivity index is 1.07. The van der Waals surface area contributed by atoms with E-state index in [0.717, 1.165) is 56.6 Å². The van der Waals surface area contributed by atoms with E-state index < -0.39 is 0 Å². The van der Waals surface area contributed by atoms with E-state index >= 15 is 0 Å². The zero-order chi connectivity index (χ0) is 32.2. The van der Waals surface area contributed by atoms with Gasteiger partial charge in [-0.3, -0.25) is 4.90 Å². The summed E-state index contributed by atoms with van der Waals surface area (Å²) in [7, 11) is 0. The number of allylic oxidation sites excluding steroid dienone is 4. The molecule has 1 saturated heterocycles. The second-order valence-electron chi connectivity index (χ2n) is 15.1. The van der Waals surface area contributed by atoms with Crippen molar-refractivity contribution in [1.29, 1.82) is 0 Å². The quantitative estimate of drug-likeness (QED) is 0.180. The molecule has 7 atom stereocenters. The van der Waals surface area contributed by atoms with E-state index in [1.807, 2.05) is 6.08 Å². The third kappa shape index (κ3) is 5.14. The van der Waals surface area contributed by atoms with Gasteiger partial charge in [0.15, 0.2) is 0 Å². The number of nitrogens with zero attached hydrogens (tertiary/aromatic N) is 1. The minimum atomic E-state index is 0.191. The summed E-state index contributed by atoms with van der Waals surface area (Å²) >= 11 is 0. The first-order valence-electron chi connectivity index (χ1n) is 18.7. The van der Waals surface area contributed by atoms with Crippen molar-refractivity contribution in [2.45, 2.75) is 110 Å². The summed E-state index contributed by atoms with van der Waals surface area (Å²) < 4.78 is 6.55. The standard InChI is InChI=1S/C43H52N2O2/c1-5-11-32-26(4)45(39(12-6-2)31(32)7-3)30-14-10-13-29(23-30)35-24-27(17-21-40(35)46)28-18-22-41-36(25-28)33-19-20-38-42(43(33)47-41)34-15-8-9-16-37(34)44-38/h8-9,15-22,25-26,29-32,35,39,44,46H,5-7,10-14,23-24H2,1-4H3. The van der Waals surface area contributed by atoms with Gasteiger partial charge in [0.1, 0.15) is 11.2 Å². The number of hydrogen-bond acceptors (Lipinski definition) is 3. The molecule has 2 N–H and O–H groups in total. The van der Waals surface area contributed by atoms with Crippen molar-refractivity contribution >= 4 is 49.3 Å². The van der Waals surface area contributed by atoms with Crippen LogP contribution >= 0.6 is 0 Å². The van der Waals surface area contributed by atoms with Gasteiger partial charge in [0.2, 0.25) is 0 Å². The molecule has 0 amide bonds. The molecule has 5 aromatic rings. The summed E-state index contributed by atoms with van der Waals surface area (Å²) in [5, 5.41) is 16.0. The first-order valence-corrected chi connectivity index (χ1v) is 18.7. The van der Waals surface area contributed by atoms with Crippen molar-refractivity contribution in [3.8, 4) is 0 Å². The van der Waals surface area contributed by atoms with E-state index in [1.54, 1.807) is 0 Å². The fourth-order valence-electron chi connectivity index (χ4n) is 10.6. The summed E-state index contributed by atoms with van der Waals surface area (Å²) in [5.41, 5.74) is 6.69. The Labute approximate surface area is 279 Å². The summed E-state index contributed by atoms with van der Waals surface area (Å²) in [6.45, 7) is 9.71. The first kappa shape index (κ1) is 30.8. The van der Waals surface area contributed by atoms with Crippen molar-refractivity contribution < 1.29 is 9.52 Å². The van der Waals surface area contributed by atoms with Crippen LogP contribution in [0.5, 0.6) is 0 Å². The second-order valence-corrected chi connectivity index (χ2v) is 15.1. The largest absolute Gasteiger partial charge is 0.512 e. The van der Waals surface area contributed by atoms with Gasteiger partial charge in [-0.05, 0) is 111 Å². The van der Waals surface area contributed by atoms with Crippen LogP contribution in [-0.2, 0) is 0 Å². The molecule has 3 aliphatic rings. The van der Waals surface area contributed by atoms with Crippen LogP contribution in [0.4, 0.5) is 0 Å². The molecule has 4 heteroatoms. The maximum absolute atomic E-state index is 11.3. The number of likely N-dealkylation sites (tertiary alicyclic amines) is 1. The van der Waals surface area contributed by atoms with E-state index in [4.69, 9.17) is 4.42 Å². The molecule has 3 heterocycles. The number of aliphatic hydroxyl groups is 1. The number of aliphatic hydroxyl groups excluding tert-OH is 1. The fourth-order valence-corrected chi connectivity index (χ4v) is 10.6. The second kappa shape index (κ2) is 12.5. The summed E-state index contributed by atoms with van der Waals surface area (Å²) in [6.07, 6.45) is 16.6. The van der Waals surface area contributed by atoms with Crippen molar-refractivity contribution in [1.82, 2.24) is 9.88 Å². The van der Waals surface area contributed by atoms with Crippen LogP contribution < -0.4 is 0 Å². The summed E-state index contributed by atoms with van der Waals surface area (Å²) in [6, 6.07) is 21.6. The third-order valence-corrected chi connectivity index (χ3v) is 12.6. The molecular weight excluding hydrogens is 576 g/mol. The van der Waals surface area contributed by atoms with Crippen LogP contribution in [0, 0.1) is 23.7 Å². The monoisotopic (exact) mass is 628 g/mol. The van der Waals surface area contributed by atoms with Gasteiger partial charge >= 0.3 is 0 Å². The third-order valence-electron chi connectivity index (χ3n) is 12.6. The van der Waals surface area contributed by atoms with Crippen molar-refractivity contribution in [2.24, 2.45) is 23.7 Å². The average Bonchev–Trinajstić information content (AvgIpc) is 3.74. The molecule has 1 saturated carbocycles. The van der Waals surface area contributed by atoms with E-state index in [9.17, 15) is 5.11 Å². The minimum absolute atomic E-state index is 0.191. The van der Waals surface area contributed by atoms with Gasteiger partial charge in [-0.1, -0.05) is 76.8 Å². The number of fused-ring (bicyclic) bond motifs is 7. The minimum Gasteiger partial charge on any atom is -0.512 e. The number of benzene rings is 3. The van der Waals surface area contributed by atoms with E-state index in [0.29, 0.717) is 29.8 Å². The molecule has 0 radical (unpaired) electrons. The van der Waals surface area contributed by atoms with Gasteiger partial charge in [-0.15, -0.1) is 0 Å². The lowest BCUT2D eigenvalue weighted by atomic mass is 9.72. The Morgan fingerprint density at radius 1 is 0.872 bits per heavy atom. The average molecular weight is 629 g/mol. The molecule has 2 fully saturated rings. The van der Waals surface area contributed by atoms with E-state index in [-0.39, 0.29) is 5.92 Å². The number of nitrogens with one attached hydrogen (secondary N) is 1. The lowest BCUT2D eigenvalue weighted by molar-refractivity contribution is 0.0573. The first-order chi connectivity index (χ1) is 23.0. The van der Waals surface area contributed by atoms with Crippen LogP contribution in [0.1, 0.15) is 97.5 Å². The molecular formula is C43H52N2O2. The molecule has 0 bridgehead atoms. The number of hydrogen-bond donors (Lipinski definition) is 2. The normalized spacial score (nSPS) is 28.9. The molecule has 47 heavy (non-hydrogen) atoms.